The Hall–Kier alpha value is -1.09. The maximum absolute atomic E-state index is 6.46. The van der Waals surface area contributed by atoms with Gasteiger partial charge in [0.1, 0.15) is 5.75 Å². The molecular formula is C17H28N2O. The summed E-state index contributed by atoms with van der Waals surface area (Å²) in [5, 5.41) is 0. The minimum Gasteiger partial charge on any atom is -0.492 e. The van der Waals surface area contributed by atoms with Crippen molar-refractivity contribution in [3.63, 3.8) is 0 Å². The maximum Gasteiger partial charge on any atom is 0.137 e. The number of hydrogen-bond donors (Lipinski definition) is 1. The summed E-state index contributed by atoms with van der Waals surface area (Å²) in [5.41, 5.74) is 7.58. The lowest BCUT2D eigenvalue weighted by Gasteiger charge is -2.34. The van der Waals surface area contributed by atoms with Gasteiger partial charge in [-0.3, -0.25) is 4.98 Å². The van der Waals surface area contributed by atoms with E-state index in [1.165, 1.54) is 25.7 Å². The van der Waals surface area contributed by atoms with Gasteiger partial charge < -0.3 is 10.5 Å². The van der Waals surface area contributed by atoms with Gasteiger partial charge in [-0.15, -0.1) is 0 Å². The topological polar surface area (TPSA) is 48.1 Å². The summed E-state index contributed by atoms with van der Waals surface area (Å²) in [6.45, 7) is 7.32. The molecule has 2 rings (SSSR count). The largest absolute Gasteiger partial charge is 0.492 e. The highest BCUT2D eigenvalue weighted by Crippen LogP contribution is 2.38. The third kappa shape index (κ3) is 3.72. The first-order valence-electron chi connectivity index (χ1n) is 7.95. The van der Waals surface area contributed by atoms with Crippen molar-refractivity contribution < 1.29 is 4.74 Å². The molecule has 0 amide bonds. The Morgan fingerprint density at radius 2 is 1.85 bits per heavy atom. The van der Waals surface area contributed by atoms with Crippen LogP contribution in [-0.4, -0.2) is 11.6 Å². The van der Waals surface area contributed by atoms with Gasteiger partial charge >= 0.3 is 0 Å². The Morgan fingerprint density at radius 3 is 2.45 bits per heavy atom. The molecule has 2 N–H and O–H groups in total. The van der Waals surface area contributed by atoms with Crippen LogP contribution in [-0.2, 0) is 0 Å². The number of hydrogen-bond acceptors (Lipinski definition) is 3. The normalized spacial score (nSPS) is 24.6. The van der Waals surface area contributed by atoms with E-state index in [2.05, 4.69) is 24.9 Å². The van der Waals surface area contributed by atoms with Gasteiger partial charge in [0.25, 0.3) is 0 Å². The molecule has 0 radical (unpaired) electrons. The van der Waals surface area contributed by atoms with Gasteiger partial charge in [-0.1, -0.05) is 13.8 Å². The Kier molecular flexibility index (Phi) is 5.41. The van der Waals surface area contributed by atoms with Crippen LogP contribution in [0.25, 0.3) is 0 Å². The van der Waals surface area contributed by atoms with Crippen LogP contribution in [0.5, 0.6) is 5.75 Å². The van der Waals surface area contributed by atoms with Gasteiger partial charge in [0.15, 0.2) is 0 Å². The van der Waals surface area contributed by atoms with Crippen molar-refractivity contribution >= 4 is 0 Å². The van der Waals surface area contributed by atoms with Crippen LogP contribution in [0.3, 0.4) is 0 Å². The lowest BCUT2D eigenvalue weighted by Crippen LogP contribution is -2.27. The Labute approximate surface area is 122 Å². The first kappa shape index (κ1) is 15.3. The van der Waals surface area contributed by atoms with E-state index in [9.17, 15) is 0 Å². The molecule has 1 unspecified atom stereocenters. The number of nitrogens with zero attached hydrogens (tertiary/aromatic N) is 1. The summed E-state index contributed by atoms with van der Waals surface area (Å²) in [5.74, 6) is 3.10. The van der Waals surface area contributed by atoms with Crippen LogP contribution in [0.4, 0.5) is 0 Å². The van der Waals surface area contributed by atoms with Crippen molar-refractivity contribution in [1.29, 1.82) is 0 Å². The highest BCUT2D eigenvalue weighted by Gasteiger charge is 2.28. The molecule has 3 nitrogen and oxygen atoms in total. The van der Waals surface area contributed by atoms with Crippen molar-refractivity contribution in [2.24, 2.45) is 23.5 Å². The Bertz CT molecular complexity index is 411. The molecule has 20 heavy (non-hydrogen) atoms. The van der Waals surface area contributed by atoms with Crippen LogP contribution in [0.15, 0.2) is 18.5 Å². The molecule has 1 saturated carbocycles. The van der Waals surface area contributed by atoms with Crippen molar-refractivity contribution in [2.45, 2.75) is 52.5 Å². The van der Waals surface area contributed by atoms with Crippen molar-refractivity contribution in [2.75, 3.05) is 6.61 Å². The number of aromatic nitrogens is 1. The summed E-state index contributed by atoms with van der Waals surface area (Å²) < 4.78 is 5.51. The average molecular weight is 276 g/mol. The summed E-state index contributed by atoms with van der Waals surface area (Å²) in [7, 11) is 0. The molecule has 0 saturated heterocycles. The number of nitrogens with two attached hydrogens (primary N) is 1. The quantitative estimate of drug-likeness (QED) is 0.886. The van der Waals surface area contributed by atoms with Gasteiger partial charge in [0, 0.05) is 12.2 Å². The fourth-order valence-corrected chi connectivity index (χ4v) is 3.31. The molecule has 1 aliphatic carbocycles. The maximum atomic E-state index is 6.46. The molecule has 3 heteroatoms. The highest BCUT2D eigenvalue weighted by atomic mass is 16.5. The van der Waals surface area contributed by atoms with Gasteiger partial charge in [0.05, 0.1) is 12.8 Å². The molecular weight excluding hydrogens is 248 g/mol. The number of rotatable bonds is 5. The zero-order valence-electron chi connectivity index (χ0n) is 13.0. The second-order valence-electron chi connectivity index (χ2n) is 6.33. The van der Waals surface area contributed by atoms with E-state index >= 15 is 0 Å². The van der Waals surface area contributed by atoms with E-state index in [0.717, 1.165) is 23.1 Å². The lowest BCUT2D eigenvalue weighted by atomic mass is 9.74. The molecule has 0 bridgehead atoms. The van der Waals surface area contributed by atoms with Gasteiger partial charge in [-0.2, -0.15) is 0 Å². The van der Waals surface area contributed by atoms with Gasteiger partial charge in [-0.25, -0.2) is 0 Å². The Morgan fingerprint density at radius 1 is 1.20 bits per heavy atom. The first-order valence-corrected chi connectivity index (χ1v) is 7.95. The third-order valence-electron chi connectivity index (χ3n) is 4.70. The van der Waals surface area contributed by atoms with E-state index < -0.39 is 0 Å². The zero-order valence-corrected chi connectivity index (χ0v) is 13.0. The molecule has 1 aromatic rings. The smallest absolute Gasteiger partial charge is 0.137 e. The first-order chi connectivity index (χ1) is 9.61. The summed E-state index contributed by atoms with van der Waals surface area (Å²) >= 11 is 0. The van der Waals surface area contributed by atoms with Crippen LogP contribution >= 0.6 is 0 Å². The molecule has 1 heterocycles. The number of pyridine rings is 1. The van der Waals surface area contributed by atoms with Crippen molar-refractivity contribution in [3.05, 3.63) is 24.0 Å². The van der Waals surface area contributed by atoms with E-state index in [4.69, 9.17) is 10.5 Å². The summed E-state index contributed by atoms with van der Waals surface area (Å²) in [6, 6.07) is 2.14. The van der Waals surface area contributed by atoms with Crippen LogP contribution in [0.2, 0.25) is 0 Å². The lowest BCUT2D eigenvalue weighted by molar-refractivity contribution is 0.203. The van der Waals surface area contributed by atoms with Crippen molar-refractivity contribution in [3.8, 4) is 5.75 Å². The van der Waals surface area contributed by atoms with Crippen LogP contribution in [0.1, 0.15) is 58.1 Å². The molecule has 1 aliphatic rings. The monoisotopic (exact) mass is 276 g/mol. The molecule has 1 fully saturated rings. The Balaban J connectivity index is 1.98. The summed E-state index contributed by atoms with van der Waals surface area (Å²) in [4.78, 5) is 4.26. The van der Waals surface area contributed by atoms with E-state index in [0.29, 0.717) is 12.5 Å². The van der Waals surface area contributed by atoms with Crippen LogP contribution in [0, 0.1) is 17.8 Å². The highest BCUT2D eigenvalue weighted by molar-refractivity contribution is 5.26. The average Bonchev–Trinajstić information content (AvgIpc) is 2.47. The van der Waals surface area contributed by atoms with E-state index in [1.54, 1.807) is 6.20 Å². The minimum absolute atomic E-state index is 0.0935. The van der Waals surface area contributed by atoms with Crippen molar-refractivity contribution in [1.82, 2.24) is 4.98 Å². The third-order valence-corrected chi connectivity index (χ3v) is 4.70. The molecule has 112 valence electrons. The fraction of sp³-hybridized carbons (Fsp3) is 0.706. The fourth-order valence-electron chi connectivity index (χ4n) is 3.31. The van der Waals surface area contributed by atoms with E-state index in [-0.39, 0.29) is 6.04 Å². The molecule has 1 atom stereocenters. The predicted molar refractivity (Wildman–Crippen MR) is 82.6 cm³/mol. The van der Waals surface area contributed by atoms with E-state index in [1.807, 2.05) is 13.1 Å². The summed E-state index contributed by atoms with van der Waals surface area (Å²) in [6.07, 6.45) is 8.76. The zero-order chi connectivity index (χ0) is 14.5. The minimum atomic E-state index is 0.0935. The standard InChI is InChI=1S/C17H28N2O/c1-4-20-16-9-15(10-19-11-16)17(18)14-7-5-13(6-8-14)12(2)3/h9-14,17H,4-8,18H2,1-3H3. The second kappa shape index (κ2) is 7.07. The molecule has 1 aromatic heterocycles. The predicted octanol–water partition coefficient (Wildman–Crippen LogP) is 3.94. The molecule has 0 aromatic carbocycles. The molecule has 0 spiro atoms. The van der Waals surface area contributed by atoms with Gasteiger partial charge in [0.2, 0.25) is 0 Å². The van der Waals surface area contributed by atoms with Gasteiger partial charge in [-0.05, 0) is 62.0 Å². The SMILES string of the molecule is CCOc1cncc(C(N)C2CCC(C(C)C)CC2)c1. The number of ether oxygens (including phenoxy) is 1. The van der Waals surface area contributed by atoms with Crippen LogP contribution < -0.4 is 10.5 Å². The molecule has 0 aliphatic heterocycles. The second-order valence-corrected chi connectivity index (χ2v) is 6.33.